The second-order valence-electron chi connectivity index (χ2n) is 4.80. The molecule has 130 valence electrons. The maximum absolute atomic E-state index is 14.0. The van der Waals surface area contributed by atoms with Crippen LogP contribution in [0.25, 0.3) is 11.1 Å². The molecule has 0 saturated carbocycles. The second kappa shape index (κ2) is 6.37. The molecule has 0 spiro atoms. The van der Waals surface area contributed by atoms with Crippen molar-refractivity contribution < 1.29 is 39.5 Å². The van der Waals surface area contributed by atoms with Gasteiger partial charge in [-0.3, -0.25) is 0 Å². The van der Waals surface area contributed by atoms with Crippen LogP contribution in [0.5, 0.6) is 0 Å². The molecule has 0 nitrogen and oxygen atoms in total. The molecule has 0 saturated heterocycles. The zero-order chi connectivity index (χ0) is 18.3. The average molecular weight is 358 g/mol. The lowest BCUT2D eigenvalue weighted by atomic mass is 9.97. The lowest BCUT2D eigenvalue weighted by Gasteiger charge is -2.14. The number of halogens is 9. The van der Waals surface area contributed by atoms with Gasteiger partial charge in [-0.2, -0.15) is 0 Å². The van der Waals surface area contributed by atoms with E-state index < -0.39 is 75.5 Å². The van der Waals surface area contributed by atoms with Gasteiger partial charge in [0.15, 0.2) is 46.5 Å². The highest BCUT2D eigenvalue weighted by Gasteiger charge is 2.33. The predicted molar refractivity (Wildman–Crippen MR) is 65.5 cm³/mol. The molecule has 0 aromatic heterocycles. The van der Waals surface area contributed by atoms with Crippen LogP contribution in [0.2, 0.25) is 0 Å². The van der Waals surface area contributed by atoms with Gasteiger partial charge in [0.25, 0.3) is 0 Å². The molecule has 0 aliphatic rings. The third kappa shape index (κ3) is 2.51. The van der Waals surface area contributed by atoms with Crippen LogP contribution in [0.4, 0.5) is 39.5 Å². The lowest BCUT2D eigenvalue weighted by Crippen LogP contribution is -2.11. The SMILES string of the molecule is CCCc1c(F)c(F)c(-c2c(F)c(F)c(F)c(F)c2F)c(F)c1F. The molecule has 0 heterocycles. The summed E-state index contributed by atoms with van der Waals surface area (Å²) in [7, 11) is 0. The van der Waals surface area contributed by atoms with E-state index >= 15 is 0 Å². The fourth-order valence-electron chi connectivity index (χ4n) is 2.19. The minimum Gasteiger partial charge on any atom is -0.203 e. The van der Waals surface area contributed by atoms with Crippen LogP contribution in [0.1, 0.15) is 18.9 Å². The van der Waals surface area contributed by atoms with Gasteiger partial charge in [-0.1, -0.05) is 13.3 Å². The van der Waals surface area contributed by atoms with E-state index in [1.165, 1.54) is 6.92 Å². The van der Waals surface area contributed by atoms with Crippen LogP contribution in [-0.4, -0.2) is 0 Å². The van der Waals surface area contributed by atoms with Crippen molar-refractivity contribution >= 4 is 0 Å². The maximum Gasteiger partial charge on any atom is 0.200 e. The Bertz CT molecular complexity index is 769. The third-order valence-corrected chi connectivity index (χ3v) is 3.31. The molecule has 0 aliphatic carbocycles. The summed E-state index contributed by atoms with van der Waals surface area (Å²) < 4.78 is 122. The normalized spacial score (nSPS) is 11.2. The van der Waals surface area contributed by atoms with E-state index in [9.17, 15) is 39.5 Å². The molecule has 0 radical (unpaired) electrons. The van der Waals surface area contributed by atoms with Crippen molar-refractivity contribution in [2.75, 3.05) is 0 Å². The first kappa shape index (κ1) is 18.2. The van der Waals surface area contributed by atoms with Crippen LogP contribution in [0.3, 0.4) is 0 Å². The van der Waals surface area contributed by atoms with E-state index in [1.807, 2.05) is 0 Å². The molecular weight excluding hydrogens is 351 g/mol. The Morgan fingerprint density at radius 3 is 1.08 bits per heavy atom. The van der Waals surface area contributed by atoms with Gasteiger partial charge in [-0.15, -0.1) is 0 Å². The first-order chi connectivity index (χ1) is 11.1. The van der Waals surface area contributed by atoms with Gasteiger partial charge in [0.2, 0.25) is 5.82 Å². The summed E-state index contributed by atoms with van der Waals surface area (Å²) >= 11 is 0. The van der Waals surface area contributed by atoms with Gasteiger partial charge >= 0.3 is 0 Å². The minimum atomic E-state index is -2.58. The van der Waals surface area contributed by atoms with Crippen molar-refractivity contribution in [3.05, 3.63) is 57.9 Å². The second-order valence-corrected chi connectivity index (χ2v) is 4.80. The number of benzene rings is 2. The maximum atomic E-state index is 14.0. The number of rotatable bonds is 3. The van der Waals surface area contributed by atoms with Crippen LogP contribution in [0, 0.1) is 52.4 Å². The molecule has 9 heteroatoms. The summed E-state index contributed by atoms with van der Waals surface area (Å²) in [6.07, 6.45) is -0.364. The molecule has 2 aromatic carbocycles. The lowest BCUT2D eigenvalue weighted by molar-refractivity contribution is 0.379. The fraction of sp³-hybridized carbons (Fsp3) is 0.200. The van der Waals surface area contributed by atoms with E-state index in [1.54, 1.807) is 0 Å². The van der Waals surface area contributed by atoms with Crippen LogP contribution >= 0.6 is 0 Å². The van der Waals surface area contributed by atoms with E-state index in [2.05, 4.69) is 0 Å². The molecule has 0 N–H and O–H groups in total. The Balaban J connectivity index is 2.95. The first-order valence-corrected chi connectivity index (χ1v) is 6.51. The summed E-state index contributed by atoms with van der Waals surface area (Å²) in [6, 6.07) is 0. The van der Waals surface area contributed by atoms with Crippen LogP contribution < -0.4 is 0 Å². The molecule has 24 heavy (non-hydrogen) atoms. The van der Waals surface area contributed by atoms with Gasteiger partial charge in [0.05, 0.1) is 11.1 Å². The Morgan fingerprint density at radius 2 is 0.750 bits per heavy atom. The summed E-state index contributed by atoms with van der Waals surface area (Å²) in [5, 5.41) is 0. The van der Waals surface area contributed by atoms with Crippen molar-refractivity contribution in [1.29, 1.82) is 0 Å². The van der Waals surface area contributed by atoms with Crippen molar-refractivity contribution in [2.45, 2.75) is 19.8 Å². The molecule has 0 unspecified atom stereocenters. The molecule has 2 rings (SSSR count). The standard InChI is InChI=1S/C15H7F9/c1-2-3-4-7(16)9(18)5(10(19)8(4)17)6-11(20)13(22)15(24)14(23)12(6)21/h2-3H2,1H3. The molecule has 0 aliphatic heterocycles. The van der Waals surface area contributed by atoms with E-state index in [0.717, 1.165) is 0 Å². The highest BCUT2D eigenvalue weighted by Crippen LogP contribution is 2.37. The Morgan fingerprint density at radius 1 is 0.458 bits per heavy atom. The molecule has 0 fully saturated rings. The Labute approximate surface area is 129 Å². The first-order valence-electron chi connectivity index (χ1n) is 6.51. The highest BCUT2D eigenvalue weighted by atomic mass is 19.2. The van der Waals surface area contributed by atoms with Crippen molar-refractivity contribution in [3.8, 4) is 11.1 Å². The van der Waals surface area contributed by atoms with Crippen molar-refractivity contribution in [3.63, 3.8) is 0 Å². The predicted octanol–water partition coefficient (Wildman–Crippen LogP) is 5.56. The molecule has 0 atom stereocenters. The molecule has 0 bridgehead atoms. The number of hydrogen-bond donors (Lipinski definition) is 0. The Kier molecular flexibility index (Phi) is 4.82. The molecule has 2 aromatic rings. The number of hydrogen-bond acceptors (Lipinski definition) is 0. The average Bonchev–Trinajstić information content (AvgIpc) is 2.56. The van der Waals surface area contributed by atoms with Gasteiger partial charge in [0, 0.05) is 5.56 Å². The highest BCUT2D eigenvalue weighted by molar-refractivity contribution is 5.67. The monoisotopic (exact) mass is 358 g/mol. The van der Waals surface area contributed by atoms with Gasteiger partial charge < -0.3 is 0 Å². The fourth-order valence-corrected chi connectivity index (χ4v) is 2.19. The van der Waals surface area contributed by atoms with Gasteiger partial charge in [0.1, 0.15) is 0 Å². The van der Waals surface area contributed by atoms with Crippen molar-refractivity contribution in [2.24, 2.45) is 0 Å². The topological polar surface area (TPSA) is 0 Å². The van der Waals surface area contributed by atoms with E-state index in [-0.39, 0.29) is 6.42 Å². The quantitative estimate of drug-likeness (QED) is 0.383. The van der Waals surface area contributed by atoms with E-state index in [0.29, 0.717) is 0 Å². The minimum absolute atomic E-state index is 0.0780. The summed E-state index contributed by atoms with van der Waals surface area (Å²) in [6.45, 7) is 1.44. The third-order valence-electron chi connectivity index (χ3n) is 3.31. The molecule has 0 amide bonds. The zero-order valence-electron chi connectivity index (χ0n) is 11.8. The summed E-state index contributed by atoms with van der Waals surface area (Å²) in [5.74, 6) is -21.2. The van der Waals surface area contributed by atoms with E-state index in [4.69, 9.17) is 0 Å². The zero-order valence-corrected chi connectivity index (χ0v) is 11.8. The van der Waals surface area contributed by atoms with Gasteiger partial charge in [-0.05, 0) is 6.42 Å². The van der Waals surface area contributed by atoms with Crippen LogP contribution in [-0.2, 0) is 6.42 Å². The summed E-state index contributed by atoms with van der Waals surface area (Å²) in [5.41, 5.74) is -5.11. The van der Waals surface area contributed by atoms with Gasteiger partial charge in [-0.25, -0.2) is 39.5 Å². The Hall–Kier alpha value is -2.19. The van der Waals surface area contributed by atoms with Crippen molar-refractivity contribution in [1.82, 2.24) is 0 Å². The van der Waals surface area contributed by atoms with Crippen LogP contribution in [0.15, 0.2) is 0 Å². The largest absolute Gasteiger partial charge is 0.203 e. The smallest absolute Gasteiger partial charge is 0.200 e. The molecular formula is C15H7F9. The summed E-state index contributed by atoms with van der Waals surface area (Å²) in [4.78, 5) is 0.